The van der Waals surface area contributed by atoms with Gasteiger partial charge in [-0.3, -0.25) is 0 Å². The van der Waals surface area contributed by atoms with Gasteiger partial charge in [0.1, 0.15) is 0 Å². The first kappa shape index (κ1) is 15.0. The van der Waals surface area contributed by atoms with Gasteiger partial charge in [0.2, 0.25) is 0 Å². The van der Waals surface area contributed by atoms with Crippen LogP contribution in [0.25, 0.3) is 0 Å². The quantitative estimate of drug-likeness (QED) is 0.924. The Kier molecular flexibility index (Phi) is 4.34. The van der Waals surface area contributed by atoms with E-state index in [0.717, 1.165) is 45.6 Å². The minimum Gasteiger partial charge on any atom is -0.378 e. The highest BCUT2D eigenvalue weighted by Crippen LogP contribution is 2.33. The lowest BCUT2D eigenvalue weighted by Gasteiger charge is -2.39. The Bertz CT molecular complexity index is 452. The van der Waals surface area contributed by atoms with Gasteiger partial charge < -0.3 is 14.8 Å². The summed E-state index contributed by atoms with van der Waals surface area (Å²) in [6.07, 6.45) is 3.23. The minimum absolute atomic E-state index is 0.00714. The fraction of sp³-hybridized carbons (Fsp3) is 0.667. The highest BCUT2D eigenvalue weighted by atomic mass is 16.6. The van der Waals surface area contributed by atoms with Crippen molar-refractivity contribution in [3.05, 3.63) is 35.9 Å². The molecule has 21 heavy (non-hydrogen) atoms. The van der Waals surface area contributed by atoms with Crippen LogP contribution in [0.15, 0.2) is 30.3 Å². The van der Waals surface area contributed by atoms with Crippen molar-refractivity contribution < 1.29 is 9.47 Å². The maximum Gasteiger partial charge on any atom is 0.0951 e. The van der Waals surface area contributed by atoms with Gasteiger partial charge in [-0.05, 0) is 18.4 Å². The van der Waals surface area contributed by atoms with E-state index in [9.17, 15) is 0 Å². The zero-order chi connectivity index (χ0) is 14.8. The number of hydrogen-bond acceptors (Lipinski definition) is 3. The van der Waals surface area contributed by atoms with E-state index >= 15 is 0 Å². The first-order valence-corrected chi connectivity index (χ1v) is 8.10. The number of benzene rings is 1. The maximum atomic E-state index is 6.01. The summed E-state index contributed by atoms with van der Waals surface area (Å²) in [5.41, 5.74) is 1.54. The molecule has 0 aromatic heterocycles. The first-order chi connectivity index (χ1) is 10.1. The normalized spacial score (nSPS) is 29.9. The van der Waals surface area contributed by atoms with Crippen molar-refractivity contribution in [1.82, 2.24) is 5.32 Å². The van der Waals surface area contributed by atoms with Crippen molar-refractivity contribution in [1.29, 1.82) is 0 Å². The van der Waals surface area contributed by atoms with Crippen LogP contribution in [-0.2, 0) is 14.9 Å². The maximum absolute atomic E-state index is 6.01. The number of nitrogens with one attached hydrogen (secondary N) is 1. The molecule has 0 bridgehead atoms. The van der Waals surface area contributed by atoms with Crippen molar-refractivity contribution in [2.75, 3.05) is 26.4 Å². The Labute approximate surface area is 128 Å². The molecule has 0 amide bonds. The number of rotatable bonds is 4. The summed E-state index contributed by atoms with van der Waals surface area (Å²) in [5.74, 6) is 0. The second-order valence-corrected chi connectivity index (χ2v) is 7.15. The van der Waals surface area contributed by atoms with Crippen molar-refractivity contribution >= 4 is 0 Å². The monoisotopic (exact) mass is 289 g/mol. The number of ether oxygens (including phenoxy) is 2. The van der Waals surface area contributed by atoms with E-state index in [-0.39, 0.29) is 11.0 Å². The highest BCUT2D eigenvalue weighted by molar-refractivity contribution is 5.23. The van der Waals surface area contributed by atoms with Gasteiger partial charge in [-0.2, -0.15) is 0 Å². The van der Waals surface area contributed by atoms with Crippen molar-refractivity contribution in [3.8, 4) is 0 Å². The van der Waals surface area contributed by atoms with E-state index in [1.807, 2.05) is 0 Å². The lowest BCUT2D eigenvalue weighted by molar-refractivity contribution is -0.0896. The molecule has 1 N–H and O–H groups in total. The predicted octanol–water partition coefficient (Wildman–Crippen LogP) is 2.89. The molecular formula is C18H27NO2. The molecule has 0 radical (unpaired) electrons. The van der Waals surface area contributed by atoms with Crippen LogP contribution in [0.3, 0.4) is 0 Å². The van der Waals surface area contributed by atoms with Crippen LogP contribution >= 0.6 is 0 Å². The van der Waals surface area contributed by atoms with Gasteiger partial charge in [0.25, 0.3) is 0 Å². The smallest absolute Gasteiger partial charge is 0.0951 e. The summed E-state index contributed by atoms with van der Waals surface area (Å²) in [7, 11) is 0. The summed E-state index contributed by atoms with van der Waals surface area (Å²) < 4.78 is 11.6. The zero-order valence-corrected chi connectivity index (χ0v) is 13.2. The van der Waals surface area contributed by atoms with E-state index < -0.39 is 0 Å². The lowest BCUT2D eigenvalue weighted by Crippen LogP contribution is -2.49. The molecule has 3 heteroatoms. The van der Waals surface area contributed by atoms with Gasteiger partial charge in [-0.25, -0.2) is 0 Å². The number of hydrogen-bond donors (Lipinski definition) is 1. The Morgan fingerprint density at radius 2 is 2.05 bits per heavy atom. The molecule has 2 heterocycles. The Balaban J connectivity index is 1.57. The van der Waals surface area contributed by atoms with Crippen LogP contribution in [-0.4, -0.2) is 38.0 Å². The molecule has 1 spiro atoms. The fourth-order valence-electron chi connectivity index (χ4n) is 3.46. The van der Waals surface area contributed by atoms with Gasteiger partial charge in [0.15, 0.2) is 0 Å². The molecule has 2 unspecified atom stereocenters. The van der Waals surface area contributed by atoms with Crippen molar-refractivity contribution in [3.63, 3.8) is 0 Å². The van der Waals surface area contributed by atoms with E-state index in [1.165, 1.54) is 5.56 Å². The third-order valence-corrected chi connectivity index (χ3v) is 4.95. The SMILES string of the molecule is CC(C)(CNC1CCOC2(CCOC2)C1)c1ccccc1. The Hall–Kier alpha value is -0.900. The summed E-state index contributed by atoms with van der Waals surface area (Å²) in [4.78, 5) is 0. The molecule has 2 aliphatic heterocycles. The summed E-state index contributed by atoms with van der Waals surface area (Å²) in [6.45, 7) is 8.09. The van der Waals surface area contributed by atoms with E-state index in [1.54, 1.807) is 0 Å². The third kappa shape index (κ3) is 3.47. The van der Waals surface area contributed by atoms with Crippen LogP contribution in [0.1, 0.15) is 38.7 Å². The lowest BCUT2D eigenvalue weighted by atomic mass is 9.83. The van der Waals surface area contributed by atoms with Gasteiger partial charge in [-0.1, -0.05) is 44.2 Å². The summed E-state index contributed by atoms with van der Waals surface area (Å²) >= 11 is 0. The highest BCUT2D eigenvalue weighted by Gasteiger charge is 2.41. The van der Waals surface area contributed by atoms with Crippen LogP contribution in [0.4, 0.5) is 0 Å². The second-order valence-electron chi connectivity index (χ2n) is 7.15. The zero-order valence-electron chi connectivity index (χ0n) is 13.2. The molecule has 2 saturated heterocycles. The van der Waals surface area contributed by atoms with Crippen LogP contribution in [0.2, 0.25) is 0 Å². The Morgan fingerprint density at radius 3 is 2.76 bits per heavy atom. The topological polar surface area (TPSA) is 30.5 Å². The van der Waals surface area contributed by atoms with E-state index in [0.29, 0.717) is 6.04 Å². The van der Waals surface area contributed by atoms with Gasteiger partial charge >= 0.3 is 0 Å². The molecule has 2 atom stereocenters. The van der Waals surface area contributed by atoms with E-state index in [2.05, 4.69) is 49.5 Å². The van der Waals surface area contributed by atoms with Crippen LogP contribution in [0, 0.1) is 0 Å². The average molecular weight is 289 g/mol. The molecule has 116 valence electrons. The molecule has 0 saturated carbocycles. The summed E-state index contributed by atoms with van der Waals surface area (Å²) in [5, 5.41) is 3.78. The van der Waals surface area contributed by atoms with Gasteiger partial charge in [-0.15, -0.1) is 0 Å². The van der Waals surface area contributed by atoms with Gasteiger partial charge in [0, 0.05) is 37.6 Å². The molecule has 2 aliphatic rings. The average Bonchev–Trinajstić information content (AvgIpc) is 2.94. The largest absolute Gasteiger partial charge is 0.378 e. The fourth-order valence-corrected chi connectivity index (χ4v) is 3.46. The Morgan fingerprint density at radius 1 is 1.24 bits per heavy atom. The second kappa shape index (κ2) is 6.07. The third-order valence-electron chi connectivity index (χ3n) is 4.95. The van der Waals surface area contributed by atoms with Crippen LogP contribution in [0.5, 0.6) is 0 Å². The molecule has 3 rings (SSSR count). The molecule has 1 aromatic rings. The molecule has 1 aromatic carbocycles. The first-order valence-electron chi connectivity index (χ1n) is 8.10. The summed E-state index contributed by atoms with van der Waals surface area (Å²) in [6, 6.07) is 11.3. The molecule has 0 aliphatic carbocycles. The van der Waals surface area contributed by atoms with E-state index in [4.69, 9.17) is 9.47 Å². The predicted molar refractivity (Wildman–Crippen MR) is 84.6 cm³/mol. The molecule has 3 nitrogen and oxygen atoms in total. The van der Waals surface area contributed by atoms with Crippen LogP contribution < -0.4 is 5.32 Å². The standard InChI is InChI=1S/C18H27NO2/c1-17(2,15-6-4-3-5-7-15)13-19-16-8-10-21-18(12-16)9-11-20-14-18/h3-7,16,19H,8-14H2,1-2H3. The molecule has 2 fully saturated rings. The van der Waals surface area contributed by atoms with Gasteiger partial charge in [0.05, 0.1) is 12.2 Å². The van der Waals surface area contributed by atoms with Crippen molar-refractivity contribution in [2.24, 2.45) is 0 Å². The minimum atomic E-state index is -0.00714. The van der Waals surface area contributed by atoms with Crippen molar-refractivity contribution in [2.45, 2.75) is 50.2 Å². The molecular weight excluding hydrogens is 262 g/mol.